The fourth-order valence-electron chi connectivity index (χ4n) is 4.39. The molecule has 0 spiro atoms. The average molecular weight is 548 g/mol. The first kappa shape index (κ1) is 25.1. The molecule has 0 fully saturated rings. The molecule has 5 rings (SSSR count). The molecule has 0 radical (unpaired) electrons. The molecule has 1 amide bonds. The van der Waals surface area contributed by atoms with Crippen molar-refractivity contribution in [3.8, 4) is 11.1 Å². The summed E-state index contributed by atoms with van der Waals surface area (Å²) < 4.78 is 56.2. The predicted molar refractivity (Wildman–Crippen MR) is 130 cm³/mol. The Morgan fingerprint density at radius 2 is 1.86 bits per heavy atom. The number of alkyl halides is 3. The van der Waals surface area contributed by atoms with Crippen LogP contribution in [0.2, 0.25) is 4.47 Å². The zero-order valence-corrected chi connectivity index (χ0v) is 20.7. The maximum atomic E-state index is 14.6. The van der Waals surface area contributed by atoms with Gasteiger partial charge in [-0.3, -0.25) is 0 Å². The van der Waals surface area contributed by atoms with E-state index in [0.29, 0.717) is 21.3 Å². The number of fused-ring (bicyclic) bond motifs is 1. The number of aromatic nitrogens is 2. The van der Waals surface area contributed by atoms with Crippen LogP contribution in [0.4, 0.5) is 23.4 Å². The monoisotopic (exact) mass is 547 g/mol. The Morgan fingerprint density at radius 3 is 2.57 bits per heavy atom. The summed E-state index contributed by atoms with van der Waals surface area (Å²) in [7, 11) is 0. The fourth-order valence-corrected chi connectivity index (χ4v) is 5.38. The highest BCUT2D eigenvalue weighted by Gasteiger charge is 2.46. The normalized spacial score (nSPS) is 15.7. The number of nitrogens with zero attached hydrogens (tertiary/aromatic N) is 2. The van der Waals surface area contributed by atoms with Crippen molar-refractivity contribution >= 4 is 46.1 Å². The van der Waals surface area contributed by atoms with Gasteiger partial charge in [0.1, 0.15) is 12.4 Å². The number of benzene rings is 2. The maximum Gasteiger partial charge on any atom is 0.416 e. The van der Waals surface area contributed by atoms with Crippen molar-refractivity contribution in [3.63, 3.8) is 0 Å². The minimum atomic E-state index is -4.65. The van der Waals surface area contributed by atoms with E-state index in [1.807, 2.05) is 13.0 Å². The first-order valence-corrected chi connectivity index (χ1v) is 12.2. The Morgan fingerprint density at radius 1 is 1.11 bits per heavy atom. The number of hydrogen-bond acceptors (Lipinski definition) is 4. The van der Waals surface area contributed by atoms with E-state index in [1.165, 1.54) is 34.1 Å². The lowest BCUT2D eigenvalue weighted by Crippen LogP contribution is -3.11. The Kier molecular flexibility index (Phi) is 6.35. The van der Waals surface area contributed by atoms with Gasteiger partial charge in [0.25, 0.3) is 0 Å². The van der Waals surface area contributed by atoms with Crippen LogP contribution in [0, 0.1) is 12.7 Å². The Bertz CT molecular complexity index is 1580. The predicted octanol–water partition coefficient (Wildman–Crippen LogP) is 5.36. The van der Waals surface area contributed by atoms with E-state index in [-0.39, 0.29) is 34.7 Å². The van der Waals surface area contributed by atoms with E-state index in [4.69, 9.17) is 11.6 Å². The van der Waals surface area contributed by atoms with Crippen LogP contribution in [-0.4, -0.2) is 16.0 Å². The first-order chi connectivity index (χ1) is 17.5. The molecule has 0 aliphatic carbocycles. The summed E-state index contributed by atoms with van der Waals surface area (Å²) in [6.07, 6.45) is -1.47. The van der Waals surface area contributed by atoms with Crippen LogP contribution in [0.15, 0.2) is 67.0 Å². The number of carbonyl (C=O) groups excluding carboxylic acids is 1. The number of aliphatic hydroxyl groups is 1. The number of rotatable bonds is 4. The second-order valence-electron chi connectivity index (χ2n) is 8.45. The van der Waals surface area contributed by atoms with Crippen molar-refractivity contribution in [1.29, 1.82) is 0 Å². The van der Waals surface area contributed by atoms with Gasteiger partial charge in [-0.25, -0.2) is 14.2 Å². The molecule has 0 saturated heterocycles. The number of halogens is 5. The smallest absolute Gasteiger partial charge is 0.416 e. The third-order valence-corrected chi connectivity index (χ3v) is 7.18. The summed E-state index contributed by atoms with van der Waals surface area (Å²) in [6, 6.07) is 11.6. The number of thiazole rings is 1. The van der Waals surface area contributed by atoms with Crippen LogP contribution >= 0.6 is 22.9 Å². The molecular weight excluding hydrogens is 530 g/mol. The standard InChI is InChI=1S/C26H16ClF4N3O2S/c1-14-4-3-9-33-22(14)34(13-18-12-32-25(27)37-18)24(36)21(23(33)35)16-6-2-5-15(10-16)19-11-17(26(29,30)31)7-8-20(19)28/h2-12H,13H2,1H3/p+2. The maximum absolute atomic E-state index is 14.6. The van der Waals surface area contributed by atoms with Crippen LogP contribution < -0.4 is 9.47 Å². The molecule has 1 aliphatic rings. The zero-order chi connectivity index (χ0) is 26.5. The Labute approximate surface area is 217 Å². The molecule has 1 unspecified atom stereocenters. The summed E-state index contributed by atoms with van der Waals surface area (Å²) in [4.78, 5) is 19.0. The second kappa shape index (κ2) is 9.37. The minimum Gasteiger partial charge on any atom is -0.459 e. The Balaban J connectivity index is 1.64. The number of amides is 1. The molecule has 11 heteroatoms. The van der Waals surface area contributed by atoms with Crippen LogP contribution in [0.3, 0.4) is 0 Å². The van der Waals surface area contributed by atoms with Gasteiger partial charge in [0.2, 0.25) is 0 Å². The molecule has 0 saturated carbocycles. The van der Waals surface area contributed by atoms with E-state index in [2.05, 4.69) is 4.98 Å². The van der Waals surface area contributed by atoms with Gasteiger partial charge >= 0.3 is 23.8 Å². The molecule has 2 aromatic carbocycles. The number of pyridine rings is 1. The molecule has 5 nitrogen and oxygen atoms in total. The van der Waals surface area contributed by atoms with E-state index < -0.39 is 23.5 Å². The topological polar surface area (TPSA) is 58.5 Å². The van der Waals surface area contributed by atoms with Crippen LogP contribution in [0.25, 0.3) is 22.6 Å². The van der Waals surface area contributed by atoms with Crippen molar-refractivity contribution in [3.05, 3.63) is 98.8 Å². The molecule has 2 N–H and O–H groups in total. The minimum absolute atomic E-state index is 0.0528. The van der Waals surface area contributed by atoms with Crippen molar-refractivity contribution in [1.82, 2.24) is 4.98 Å². The van der Waals surface area contributed by atoms with E-state index in [1.54, 1.807) is 24.5 Å². The molecule has 0 bridgehead atoms. The van der Waals surface area contributed by atoms with Crippen LogP contribution in [0.5, 0.6) is 0 Å². The largest absolute Gasteiger partial charge is 0.459 e. The number of hydrogen-bond donors (Lipinski definition) is 2. The summed E-state index contributed by atoms with van der Waals surface area (Å²) >= 11 is 7.21. The van der Waals surface area contributed by atoms with E-state index in [0.717, 1.165) is 22.6 Å². The number of aryl methyl sites for hydroxylation is 1. The summed E-state index contributed by atoms with van der Waals surface area (Å²) in [5.41, 5.74) is -0.201. The molecule has 3 heterocycles. The highest BCUT2D eigenvalue weighted by molar-refractivity contribution is 7.15. The summed E-state index contributed by atoms with van der Waals surface area (Å²) in [5.74, 6) is -1.12. The van der Waals surface area contributed by atoms with E-state index in [9.17, 15) is 27.5 Å². The molecule has 4 aromatic rings. The number of aliphatic hydroxyl groups excluding tert-OH is 1. The lowest BCUT2D eigenvalue weighted by Gasteiger charge is -2.20. The third kappa shape index (κ3) is 4.63. The highest BCUT2D eigenvalue weighted by Crippen LogP contribution is 2.35. The molecular formula is C26H18ClF4N3O2S+2. The van der Waals surface area contributed by atoms with Crippen LogP contribution in [-0.2, 0) is 17.5 Å². The van der Waals surface area contributed by atoms with Crippen molar-refractivity contribution < 1.29 is 36.9 Å². The van der Waals surface area contributed by atoms with Gasteiger partial charge in [0.05, 0.1) is 16.0 Å². The third-order valence-electron chi connectivity index (χ3n) is 6.07. The van der Waals surface area contributed by atoms with E-state index >= 15 is 0 Å². The van der Waals surface area contributed by atoms with Crippen molar-refractivity contribution in [2.75, 3.05) is 0 Å². The summed E-state index contributed by atoms with van der Waals surface area (Å²) in [5, 5.41) is 11.2. The lowest BCUT2D eigenvalue weighted by atomic mass is 9.96. The van der Waals surface area contributed by atoms with Gasteiger partial charge in [-0.2, -0.15) is 18.1 Å². The zero-order valence-electron chi connectivity index (χ0n) is 19.1. The average Bonchev–Trinajstić information content (AvgIpc) is 3.26. The van der Waals surface area contributed by atoms with Gasteiger partial charge in [-0.15, -0.1) is 11.3 Å². The molecule has 188 valence electrons. The SMILES string of the molecule is Cc1ccc[n+]2c1[NH+](Cc1cnc(Cl)s1)C(=O)C(c1cccc(-c3cc(C(F)(F)F)ccc3F)c1)=C2O. The van der Waals surface area contributed by atoms with Crippen molar-refractivity contribution in [2.45, 2.75) is 19.6 Å². The van der Waals surface area contributed by atoms with Gasteiger partial charge in [-0.05, 0) is 42.8 Å². The number of carbonyl (C=O) groups is 1. The van der Waals surface area contributed by atoms with Gasteiger partial charge in [0, 0.05) is 23.4 Å². The lowest BCUT2D eigenvalue weighted by molar-refractivity contribution is -0.838. The molecule has 1 atom stereocenters. The first-order valence-electron chi connectivity index (χ1n) is 11.0. The van der Waals surface area contributed by atoms with Crippen molar-refractivity contribution in [2.24, 2.45) is 0 Å². The van der Waals surface area contributed by atoms with Gasteiger partial charge in [-0.1, -0.05) is 34.4 Å². The quantitative estimate of drug-likeness (QED) is 0.267. The number of quaternary nitrogens is 1. The number of nitrogens with one attached hydrogen (secondary N) is 1. The molecule has 37 heavy (non-hydrogen) atoms. The summed E-state index contributed by atoms with van der Waals surface area (Å²) in [6.45, 7) is 2.01. The molecule has 2 aromatic heterocycles. The fraction of sp³-hybridized carbons (Fsp3) is 0.115. The molecule has 1 aliphatic heterocycles. The second-order valence-corrected chi connectivity index (χ2v) is 10.1. The van der Waals surface area contributed by atoms with Gasteiger partial charge in [0.15, 0.2) is 16.2 Å². The highest BCUT2D eigenvalue weighted by atomic mass is 35.5. The van der Waals surface area contributed by atoms with Crippen LogP contribution in [0.1, 0.15) is 21.6 Å². The Hall–Kier alpha value is -3.60. The van der Waals surface area contributed by atoms with Gasteiger partial charge < -0.3 is 5.11 Å².